The third-order valence-corrected chi connectivity index (χ3v) is 3.53. The van der Waals surface area contributed by atoms with Crippen LogP contribution in [0.5, 0.6) is 0 Å². The van der Waals surface area contributed by atoms with E-state index in [0.717, 1.165) is 16.7 Å². The SMILES string of the molecule is O=C(Cn1c(=O)oc2cc([N+](=O)[O-])cc([N+](=O)[O-])c21)c1ccccc1. The van der Waals surface area contributed by atoms with Crippen LogP contribution < -0.4 is 5.76 Å². The molecule has 10 nitrogen and oxygen atoms in total. The topological polar surface area (TPSA) is 138 Å². The summed E-state index contributed by atoms with van der Waals surface area (Å²) in [7, 11) is 0. The Morgan fingerprint density at radius 1 is 1.08 bits per heavy atom. The summed E-state index contributed by atoms with van der Waals surface area (Å²) in [5, 5.41) is 22.1. The molecule has 1 heterocycles. The number of hydrogen-bond acceptors (Lipinski definition) is 7. The van der Waals surface area contributed by atoms with Gasteiger partial charge in [-0.3, -0.25) is 29.6 Å². The Bertz CT molecular complexity index is 1070. The Hall–Kier alpha value is -3.82. The molecular weight excluding hydrogens is 334 g/mol. The third kappa shape index (κ3) is 2.87. The first-order valence-electron chi connectivity index (χ1n) is 6.93. The maximum Gasteiger partial charge on any atom is 0.420 e. The lowest BCUT2D eigenvalue weighted by Crippen LogP contribution is -2.20. The van der Waals surface area contributed by atoms with Crippen LogP contribution in [0.1, 0.15) is 10.4 Å². The van der Waals surface area contributed by atoms with Gasteiger partial charge < -0.3 is 4.42 Å². The highest BCUT2D eigenvalue weighted by atomic mass is 16.6. The first kappa shape index (κ1) is 16.1. The molecule has 0 bridgehead atoms. The number of carbonyl (C=O) groups is 1. The van der Waals surface area contributed by atoms with Crippen LogP contribution >= 0.6 is 0 Å². The normalized spacial score (nSPS) is 10.7. The van der Waals surface area contributed by atoms with Gasteiger partial charge in [0.1, 0.15) is 0 Å². The summed E-state index contributed by atoms with van der Waals surface area (Å²) in [6, 6.07) is 9.68. The van der Waals surface area contributed by atoms with Crippen molar-refractivity contribution in [3.05, 3.63) is 78.8 Å². The highest BCUT2D eigenvalue weighted by Gasteiger charge is 2.27. The summed E-state index contributed by atoms with van der Waals surface area (Å²) in [6.07, 6.45) is 0. The van der Waals surface area contributed by atoms with Crippen molar-refractivity contribution in [1.82, 2.24) is 4.57 Å². The van der Waals surface area contributed by atoms with E-state index in [1.165, 1.54) is 12.1 Å². The number of non-ortho nitro benzene ring substituents is 2. The Kier molecular flexibility index (Phi) is 3.85. The van der Waals surface area contributed by atoms with Crippen molar-refractivity contribution in [3.63, 3.8) is 0 Å². The lowest BCUT2D eigenvalue weighted by Gasteiger charge is -2.03. The number of fused-ring (bicyclic) bond motifs is 1. The van der Waals surface area contributed by atoms with Crippen LogP contribution in [0.15, 0.2) is 51.7 Å². The molecule has 0 amide bonds. The Balaban J connectivity index is 2.17. The van der Waals surface area contributed by atoms with Crippen molar-refractivity contribution in [3.8, 4) is 0 Å². The molecule has 0 spiro atoms. The number of nitro benzene ring substituents is 2. The summed E-state index contributed by atoms with van der Waals surface area (Å²) in [5.41, 5.74) is -1.56. The molecule has 0 saturated carbocycles. The van der Waals surface area contributed by atoms with Crippen molar-refractivity contribution in [2.75, 3.05) is 0 Å². The molecule has 3 aromatic rings. The first-order chi connectivity index (χ1) is 11.9. The van der Waals surface area contributed by atoms with Crippen LogP contribution in [0.4, 0.5) is 11.4 Å². The van der Waals surface area contributed by atoms with E-state index in [1.54, 1.807) is 18.2 Å². The van der Waals surface area contributed by atoms with Crippen LogP contribution in [0.2, 0.25) is 0 Å². The zero-order valence-corrected chi connectivity index (χ0v) is 12.4. The second kappa shape index (κ2) is 6.00. The summed E-state index contributed by atoms with van der Waals surface area (Å²) in [4.78, 5) is 44.7. The van der Waals surface area contributed by atoms with E-state index >= 15 is 0 Å². The van der Waals surface area contributed by atoms with E-state index < -0.39 is 39.3 Å². The number of Topliss-reactive ketones (excluding diaryl/α,β-unsaturated/α-hetero) is 1. The zero-order valence-electron chi connectivity index (χ0n) is 12.4. The van der Waals surface area contributed by atoms with Crippen molar-refractivity contribution in [1.29, 1.82) is 0 Å². The van der Waals surface area contributed by atoms with Gasteiger partial charge in [0, 0.05) is 5.56 Å². The fourth-order valence-electron chi connectivity index (χ4n) is 2.42. The lowest BCUT2D eigenvalue weighted by molar-refractivity contribution is -0.393. The molecule has 0 aliphatic heterocycles. The zero-order chi connectivity index (χ0) is 18.1. The molecule has 0 saturated heterocycles. The minimum absolute atomic E-state index is 0.273. The van der Waals surface area contributed by atoms with Crippen molar-refractivity contribution in [2.24, 2.45) is 0 Å². The van der Waals surface area contributed by atoms with E-state index in [4.69, 9.17) is 4.42 Å². The van der Waals surface area contributed by atoms with Crippen LogP contribution in [-0.2, 0) is 6.54 Å². The van der Waals surface area contributed by atoms with E-state index in [9.17, 15) is 29.8 Å². The van der Waals surface area contributed by atoms with E-state index in [2.05, 4.69) is 0 Å². The number of oxazole rings is 1. The van der Waals surface area contributed by atoms with Crippen LogP contribution in [0, 0.1) is 20.2 Å². The summed E-state index contributed by atoms with van der Waals surface area (Å²) in [5.74, 6) is -1.47. The molecule has 126 valence electrons. The third-order valence-electron chi connectivity index (χ3n) is 3.53. The molecule has 0 unspecified atom stereocenters. The van der Waals surface area contributed by atoms with Gasteiger partial charge >= 0.3 is 11.4 Å². The molecule has 0 aliphatic carbocycles. The number of hydrogen-bond donors (Lipinski definition) is 0. The smallest absolute Gasteiger partial charge is 0.407 e. The number of carbonyl (C=O) groups excluding carboxylic acids is 1. The molecule has 3 rings (SSSR count). The number of rotatable bonds is 5. The summed E-state index contributed by atoms with van der Waals surface area (Å²) < 4.78 is 5.66. The van der Waals surface area contributed by atoms with E-state index in [1.807, 2.05) is 0 Å². The quantitative estimate of drug-likeness (QED) is 0.393. The maximum atomic E-state index is 12.3. The lowest BCUT2D eigenvalue weighted by atomic mass is 10.1. The van der Waals surface area contributed by atoms with Gasteiger partial charge in [-0.2, -0.15) is 0 Å². The molecule has 1 aromatic heterocycles. The summed E-state index contributed by atoms with van der Waals surface area (Å²) >= 11 is 0. The Morgan fingerprint density at radius 2 is 1.76 bits per heavy atom. The minimum atomic E-state index is -1.01. The molecular formula is C15H9N3O7. The van der Waals surface area contributed by atoms with Gasteiger partial charge in [-0.15, -0.1) is 0 Å². The van der Waals surface area contributed by atoms with Crippen LogP contribution in [0.3, 0.4) is 0 Å². The molecule has 0 aliphatic rings. The number of nitro groups is 2. The van der Waals surface area contributed by atoms with Crippen molar-refractivity contribution in [2.45, 2.75) is 6.54 Å². The van der Waals surface area contributed by atoms with Gasteiger partial charge in [0.25, 0.3) is 5.69 Å². The largest absolute Gasteiger partial charge is 0.420 e. The van der Waals surface area contributed by atoms with Crippen molar-refractivity contribution < 1.29 is 19.1 Å². The second-order valence-electron chi connectivity index (χ2n) is 5.07. The highest BCUT2D eigenvalue weighted by Crippen LogP contribution is 2.30. The number of benzene rings is 2. The van der Waals surface area contributed by atoms with Gasteiger partial charge in [0.15, 0.2) is 16.9 Å². The second-order valence-corrected chi connectivity index (χ2v) is 5.07. The average Bonchev–Trinajstić information content (AvgIpc) is 2.90. The predicted molar refractivity (Wildman–Crippen MR) is 84.6 cm³/mol. The number of nitrogens with zero attached hydrogens (tertiary/aromatic N) is 3. The monoisotopic (exact) mass is 343 g/mol. The highest BCUT2D eigenvalue weighted by molar-refractivity contribution is 5.97. The number of ketones is 1. The van der Waals surface area contributed by atoms with Gasteiger partial charge in [0.2, 0.25) is 0 Å². The molecule has 25 heavy (non-hydrogen) atoms. The van der Waals surface area contributed by atoms with Crippen LogP contribution in [0.25, 0.3) is 11.1 Å². The molecule has 10 heteroatoms. The Labute approximate surface area is 138 Å². The predicted octanol–water partition coefficient (Wildman–Crippen LogP) is 2.29. The average molecular weight is 343 g/mol. The number of aromatic nitrogens is 1. The van der Waals surface area contributed by atoms with Crippen LogP contribution in [-0.4, -0.2) is 20.2 Å². The Morgan fingerprint density at radius 3 is 2.36 bits per heavy atom. The van der Waals surface area contributed by atoms with Gasteiger partial charge in [-0.1, -0.05) is 30.3 Å². The molecule has 2 aromatic carbocycles. The fraction of sp³-hybridized carbons (Fsp3) is 0.0667. The van der Waals surface area contributed by atoms with Crippen molar-refractivity contribution >= 4 is 28.3 Å². The molecule has 0 radical (unpaired) electrons. The van der Waals surface area contributed by atoms with Gasteiger partial charge in [-0.25, -0.2) is 4.79 Å². The molecule has 0 atom stereocenters. The molecule has 0 fully saturated rings. The van der Waals surface area contributed by atoms with Gasteiger partial charge in [-0.05, 0) is 0 Å². The maximum absolute atomic E-state index is 12.3. The first-order valence-corrected chi connectivity index (χ1v) is 6.93. The van der Waals surface area contributed by atoms with E-state index in [0.29, 0.717) is 5.56 Å². The van der Waals surface area contributed by atoms with Gasteiger partial charge in [0.05, 0.1) is 28.5 Å². The fourth-order valence-corrected chi connectivity index (χ4v) is 2.42. The molecule has 0 N–H and O–H groups in total. The minimum Gasteiger partial charge on any atom is -0.407 e. The van der Waals surface area contributed by atoms with E-state index in [-0.39, 0.29) is 11.1 Å². The standard InChI is InChI=1S/C15H9N3O7/c19-12(9-4-2-1-3-5-9)8-16-14-11(18(23)24)6-10(17(21)22)7-13(14)25-15(16)20/h1-7H,8H2. The summed E-state index contributed by atoms with van der Waals surface area (Å²) in [6.45, 7) is -0.492.